The Hall–Kier alpha value is -2.63. The maximum Gasteiger partial charge on any atom is 0.311 e. The van der Waals surface area contributed by atoms with Crippen LogP contribution in [0.4, 0.5) is 0 Å². The molecule has 6 nitrogen and oxygen atoms in total. The second-order valence-electron chi connectivity index (χ2n) is 7.26. The SMILES string of the molecule is CCC[C@@]1(C(=O)O)CCCN(C(=O)c2cc(=O)[nH]c3ccc(C)cc23)C1. The molecule has 1 amide bonds. The summed E-state index contributed by atoms with van der Waals surface area (Å²) in [4.78, 5) is 41.4. The molecule has 1 aromatic heterocycles. The van der Waals surface area contributed by atoms with Crippen molar-refractivity contribution in [1.29, 1.82) is 0 Å². The van der Waals surface area contributed by atoms with Gasteiger partial charge < -0.3 is 15.0 Å². The molecule has 0 radical (unpaired) electrons. The van der Waals surface area contributed by atoms with Crippen LogP contribution in [0.2, 0.25) is 0 Å². The molecule has 1 saturated heterocycles. The van der Waals surface area contributed by atoms with Crippen molar-refractivity contribution < 1.29 is 14.7 Å². The van der Waals surface area contributed by atoms with Gasteiger partial charge in [0.15, 0.2) is 0 Å². The molecule has 0 saturated carbocycles. The number of aromatic amines is 1. The molecule has 0 unspecified atom stereocenters. The molecule has 1 atom stereocenters. The number of hydrogen-bond acceptors (Lipinski definition) is 3. The van der Waals surface area contributed by atoms with E-state index in [0.717, 1.165) is 12.0 Å². The molecule has 2 aromatic rings. The summed E-state index contributed by atoms with van der Waals surface area (Å²) in [5.41, 5.74) is 0.713. The number of aryl methyl sites for hydroxylation is 1. The van der Waals surface area contributed by atoms with E-state index in [1.807, 2.05) is 26.0 Å². The van der Waals surface area contributed by atoms with Crippen molar-refractivity contribution in [2.75, 3.05) is 13.1 Å². The number of benzene rings is 1. The van der Waals surface area contributed by atoms with Crippen molar-refractivity contribution in [3.63, 3.8) is 0 Å². The highest BCUT2D eigenvalue weighted by molar-refractivity contribution is 6.06. The largest absolute Gasteiger partial charge is 0.481 e. The van der Waals surface area contributed by atoms with E-state index in [9.17, 15) is 19.5 Å². The molecule has 6 heteroatoms. The van der Waals surface area contributed by atoms with Gasteiger partial charge in [0.05, 0.1) is 11.0 Å². The number of rotatable bonds is 4. The molecule has 3 rings (SSSR count). The lowest BCUT2D eigenvalue weighted by molar-refractivity contribution is -0.152. The molecule has 138 valence electrons. The van der Waals surface area contributed by atoms with Crippen LogP contribution in [0.15, 0.2) is 29.1 Å². The zero-order valence-electron chi connectivity index (χ0n) is 15.2. The van der Waals surface area contributed by atoms with Crippen LogP contribution in [-0.2, 0) is 4.79 Å². The van der Waals surface area contributed by atoms with Gasteiger partial charge in [0.1, 0.15) is 0 Å². The lowest BCUT2D eigenvalue weighted by Gasteiger charge is -2.40. The number of carbonyl (C=O) groups is 2. The average molecular weight is 356 g/mol. The van der Waals surface area contributed by atoms with E-state index in [1.54, 1.807) is 11.0 Å². The number of amides is 1. The maximum atomic E-state index is 13.2. The standard InChI is InChI=1S/C20H24N2O4/c1-3-7-20(19(25)26)8-4-9-22(12-20)18(24)15-11-17(23)21-16-6-5-13(2)10-14(15)16/h5-6,10-11H,3-4,7-9,12H2,1-2H3,(H,21,23)(H,25,26)/t20-/m1/s1. The second-order valence-corrected chi connectivity index (χ2v) is 7.26. The first kappa shape index (κ1) is 18.2. The minimum absolute atomic E-state index is 0.190. The van der Waals surface area contributed by atoms with E-state index < -0.39 is 11.4 Å². The van der Waals surface area contributed by atoms with Gasteiger partial charge in [0, 0.05) is 30.1 Å². The Morgan fingerprint density at radius 2 is 2.08 bits per heavy atom. The topological polar surface area (TPSA) is 90.5 Å². The molecular weight excluding hydrogens is 332 g/mol. The monoisotopic (exact) mass is 356 g/mol. The van der Waals surface area contributed by atoms with E-state index >= 15 is 0 Å². The molecule has 0 bridgehead atoms. The van der Waals surface area contributed by atoms with Crippen LogP contribution in [0.1, 0.15) is 48.5 Å². The predicted molar refractivity (Wildman–Crippen MR) is 99.4 cm³/mol. The molecule has 1 fully saturated rings. The number of pyridine rings is 1. The summed E-state index contributed by atoms with van der Waals surface area (Å²) >= 11 is 0. The minimum atomic E-state index is -0.893. The van der Waals surface area contributed by atoms with Crippen molar-refractivity contribution in [2.45, 2.75) is 39.5 Å². The van der Waals surface area contributed by atoms with Crippen LogP contribution < -0.4 is 5.56 Å². The van der Waals surface area contributed by atoms with Gasteiger partial charge in [0.2, 0.25) is 5.56 Å². The van der Waals surface area contributed by atoms with Gasteiger partial charge in [-0.15, -0.1) is 0 Å². The van der Waals surface area contributed by atoms with E-state index in [-0.39, 0.29) is 18.0 Å². The first-order valence-corrected chi connectivity index (χ1v) is 9.03. The quantitative estimate of drug-likeness (QED) is 0.881. The van der Waals surface area contributed by atoms with Crippen LogP contribution in [0.25, 0.3) is 10.9 Å². The first-order valence-electron chi connectivity index (χ1n) is 9.03. The smallest absolute Gasteiger partial charge is 0.311 e. The fourth-order valence-electron chi connectivity index (χ4n) is 3.98. The highest BCUT2D eigenvalue weighted by Gasteiger charge is 2.43. The van der Waals surface area contributed by atoms with Gasteiger partial charge in [-0.05, 0) is 38.3 Å². The fourth-order valence-corrected chi connectivity index (χ4v) is 3.98. The van der Waals surface area contributed by atoms with Crippen molar-refractivity contribution >= 4 is 22.8 Å². The number of aliphatic carboxylic acids is 1. The number of nitrogens with one attached hydrogen (secondary N) is 1. The molecule has 26 heavy (non-hydrogen) atoms. The lowest BCUT2D eigenvalue weighted by Crippen LogP contribution is -2.50. The number of piperidine rings is 1. The Bertz CT molecular complexity index is 914. The molecule has 1 aromatic carbocycles. The summed E-state index contributed by atoms with van der Waals surface area (Å²) in [6, 6.07) is 6.86. The number of hydrogen-bond donors (Lipinski definition) is 2. The number of fused-ring (bicyclic) bond motifs is 1. The van der Waals surface area contributed by atoms with Gasteiger partial charge in [0.25, 0.3) is 5.91 Å². The van der Waals surface area contributed by atoms with Crippen LogP contribution >= 0.6 is 0 Å². The Kier molecular flexibility index (Phi) is 4.85. The Labute approximate surface area is 151 Å². The molecule has 0 aliphatic carbocycles. The van der Waals surface area contributed by atoms with Crippen LogP contribution in [0.5, 0.6) is 0 Å². The number of aromatic nitrogens is 1. The summed E-state index contributed by atoms with van der Waals surface area (Å²) in [6.07, 6.45) is 2.52. The van der Waals surface area contributed by atoms with Gasteiger partial charge in [-0.1, -0.05) is 25.0 Å². The predicted octanol–water partition coefficient (Wildman–Crippen LogP) is 2.94. The Balaban J connectivity index is 2.01. The third-order valence-corrected chi connectivity index (χ3v) is 5.28. The average Bonchev–Trinajstić information content (AvgIpc) is 2.61. The highest BCUT2D eigenvalue weighted by atomic mass is 16.4. The summed E-state index contributed by atoms with van der Waals surface area (Å²) in [5.74, 6) is -1.11. The number of carbonyl (C=O) groups excluding carboxylic acids is 1. The van der Waals surface area contributed by atoms with Crippen LogP contribution in [0.3, 0.4) is 0 Å². The van der Waals surface area contributed by atoms with E-state index in [4.69, 9.17) is 0 Å². The van der Waals surface area contributed by atoms with E-state index in [2.05, 4.69) is 4.98 Å². The molecule has 2 heterocycles. The third kappa shape index (κ3) is 3.23. The minimum Gasteiger partial charge on any atom is -0.481 e. The zero-order valence-corrected chi connectivity index (χ0v) is 15.2. The number of H-pyrrole nitrogens is 1. The van der Waals surface area contributed by atoms with Crippen molar-refractivity contribution in [2.24, 2.45) is 5.41 Å². The molecule has 2 N–H and O–H groups in total. The normalized spacial score (nSPS) is 20.3. The number of carboxylic acids is 1. The Morgan fingerprint density at radius 3 is 2.77 bits per heavy atom. The molecule has 1 aliphatic rings. The summed E-state index contributed by atoms with van der Waals surface area (Å²) < 4.78 is 0. The maximum absolute atomic E-state index is 13.2. The van der Waals surface area contributed by atoms with Crippen molar-refractivity contribution in [3.05, 3.63) is 45.7 Å². The number of likely N-dealkylation sites (tertiary alicyclic amines) is 1. The van der Waals surface area contributed by atoms with Crippen LogP contribution in [0, 0.1) is 12.3 Å². The van der Waals surface area contributed by atoms with Gasteiger partial charge in [-0.3, -0.25) is 14.4 Å². The Morgan fingerprint density at radius 1 is 1.31 bits per heavy atom. The summed E-state index contributed by atoms with van der Waals surface area (Å²) in [5, 5.41) is 10.4. The summed E-state index contributed by atoms with van der Waals surface area (Å²) in [6.45, 7) is 4.58. The van der Waals surface area contributed by atoms with Gasteiger partial charge in [-0.2, -0.15) is 0 Å². The first-order chi connectivity index (χ1) is 12.4. The summed E-state index contributed by atoms with van der Waals surface area (Å²) in [7, 11) is 0. The molecule has 1 aliphatic heterocycles. The zero-order chi connectivity index (χ0) is 18.9. The molecule has 0 spiro atoms. The van der Waals surface area contributed by atoms with Gasteiger partial charge >= 0.3 is 5.97 Å². The molecular formula is C20H24N2O4. The van der Waals surface area contributed by atoms with Crippen LogP contribution in [-0.4, -0.2) is 40.0 Å². The van der Waals surface area contributed by atoms with Crippen molar-refractivity contribution in [3.8, 4) is 0 Å². The second kappa shape index (κ2) is 6.94. The van der Waals surface area contributed by atoms with E-state index in [0.29, 0.717) is 42.3 Å². The number of nitrogens with zero attached hydrogens (tertiary/aromatic N) is 1. The van der Waals surface area contributed by atoms with Gasteiger partial charge in [-0.25, -0.2) is 0 Å². The van der Waals surface area contributed by atoms with E-state index in [1.165, 1.54) is 6.07 Å². The third-order valence-electron chi connectivity index (χ3n) is 5.28. The fraction of sp³-hybridized carbons (Fsp3) is 0.450. The number of carboxylic acid groups (broad SMARTS) is 1. The lowest BCUT2D eigenvalue weighted by atomic mass is 9.76. The van der Waals surface area contributed by atoms with Crippen molar-refractivity contribution in [1.82, 2.24) is 9.88 Å². The highest BCUT2D eigenvalue weighted by Crippen LogP contribution is 2.36.